The molecular weight excluding hydrogens is 359 g/mol. The molecule has 0 aromatic heterocycles. The fraction of sp³-hybridized carbons (Fsp3) is 0.200. The lowest BCUT2D eigenvalue weighted by molar-refractivity contribution is 0.606. The van der Waals surface area contributed by atoms with Gasteiger partial charge in [-0.15, -0.1) is 0 Å². The minimum atomic E-state index is -0.182. The van der Waals surface area contributed by atoms with Crippen molar-refractivity contribution >= 4 is 31.9 Å². The molecule has 0 radical (unpaired) electrons. The molecule has 2 aromatic carbocycles. The van der Waals surface area contributed by atoms with Crippen LogP contribution in [0, 0.1) is 12.7 Å². The van der Waals surface area contributed by atoms with E-state index in [1.165, 1.54) is 17.2 Å². The van der Waals surface area contributed by atoms with Crippen LogP contribution in [0.5, 0.6) is 0 Å². The van der Waals surface area contributed by atoms with Gasteiger partial charge in [0, 0.05) is 14.9 Å². The maximum absolute atomic E-state index is 13.8. The highest BCUT2D eigenvalue weighted by Crippen LogP contribution is 2.34. The normalized spacial score (nSPS) is 12.4. The van der Waals surface area contributed by atoms with Gasteiger partial charge in [-0.1, -0.05) is 67.8 Å². The Balaban J connectivity index is 2.25. The monoisotopic (exact) mass is 370 g/mol. The summed E-state index contributed by atoms with van der Waals surface area (Å²) in [5.74, 6) is -0.182. The molecule has 1 atom stereocenters. The highest BCUT2D eigenvalue weighted by Gasteiger charge is 2.16. The number of aryl methyl sites for hydroxylation is 1. The van der Waals surface area contributed by atoms with Crippen molar-refractivity contribution in [3.8, 4) is 0 Å². The molecular formula is C15H13Br2F. The van der Waals surface area contributed by atoms with Gasteiger partial charge in [-0.05, 0) is 31.0 Å². The number of rotatable bonds is 3. The van der Waals surface area contributed by atoms with E-state index >= 15 is 0 Å². The molecule has 0 aliphatic rings. The Hall–Kier alpha value is -0.670. The van der Waals surface area contributed by atoms with Gasteiger partial charge in [0.15, 0.2) is 0 Å². The molecule has 0 saturated carbocycles. The van der Waals surface area contributed by atoms with Gasteiger partial charge in [-0.25, -0.2) is 4.39 Å². The fourth-order valence-corrected chi connectivity index (χ4v) is 3.72. The van der Waals surface area contributed by atoms with Crippen molar-refractivity contribution in [2.24, 2.45) is 0 Å². The summed E-state index contributed by atoms with van der Waals surface area (Å²) in [6.07, 6.45) is 0.765. The van der Waals surface area contributed by atoms with Crippen LogP contribution in [0.4, 0.5) is 4.39 Å². The van der Waals surface area contributed by atoms with Crippen LogP contribution in [-0.4, -0.2) is 0 Å². The molecule has 0 saturated heterocycles. The number of halogens is 3. The molecule has 2 rings (SSSR count). The molecule has 0 nitrogen and oxygen atoms in total. The van der Waals surface area contributed by atoms with Gasteiger partial charge >= 0.3 is 0 Å². The van der Waals surface area contributed by atoms with E-state index in [1.807, 2.05) is 12.1 Å². The van der Waals surface area contributed by atoms with Crippen LogP contribution in [0.15, 0.2) is 46.9 Å². The topological polar surface area (TPSA) is 0 Å². The Bertz CT molecular complexity index is 532. The van der Waals surface area contributed by atoms with E-state index in [4.69, 9.17) is 0 Å². The van der Waals surface area contributed by atoms with Gasteiger partial charge in [0.25, 0.3) is 0 Å². The summed E-state index contributed by atoms with van der Waals surface area (Å²) in [4.78, 5) is -0.0325. The predicted molar refractivity (Wildman–Crippen MR) is 80.7 cm³/mol. The number of alkyl halides is 1. The molecule has 0 amide bonds. The Morgan fingerprint density at radius 3 is 2.56 bits per heavy atom. The van der Waals surface area contributed by atoms with Crippen molar-refractivity contribution in [3.63, 3.8) is 0 Å². The molecule has 0 bridgehead atoms. The van der Waals surface area contributed by atoms with Gasteiger partial charge < -0.3 is 0 Å². The molecule has 0 aliphatic heterocycles. The summed E-state index contributed by atoms with van der Waals surface area (Å²) in [6, 6.07) is 13.3. The Labute approximate surface area is 123 Å². The minimum absolute atomic E-state index is 0.0325. The van der Waals surface area contributed by atoms with Crippen LogP contribution in [0.3, 0.4) is 0 Å². The van der Waals surface area contributed by atoms with E-state index in [-0.39, 0.29) is 10.6 Å². The zero-order chi connectivity index (χ0) is 13.1. The summed E-state index contributed by atoms with van der Waals surface area (Å²) in [6.45, 7) is 2.06. The zero-order valence-corrected chi connectivity index (χ0v) is 13.1. The molecule has 1 unspecified atom stereocenters. The van der Waals surface area contributed by atoms with E-state index in [0.29, 0.717) is 5.56 Å². The standard InChI is InChI=1S/C15H13Br2F/c1-10-4-2-5-11(8-10)9-13(17)15-12(16)6-3-7-14(15)18/h2-8,13H,9H2,1H3. The van der Waals surface area contributed by atoms with E-state index < -0.39 is 0 Å². The van der Waals surface area contributed by atoms with Crippen molar-refractivity contribution in [1.29, 1.82) is 0 Å². The lowest BCUT2D eigenvalue weighted by Crippen LogP contribution is -2.00. The number of hydrogen-bond donors (Lipinski definition) is 0. The summed E-state index contributed by atoms with van der Waals surface area (Å²) in [5, 5.41) is 0. The molecule has 18 heavy (non-hydrogen) atoms. The first-order valence-electron chi connectivity index (χ1n) is 5.71. The molecule has 94 valence electrons. The Morgan fingerprint density at radius 1 is 1.17 bits per heavy atom. The average molecular weight is 372 g/mol. The summed E-state index contributed by atoms with van der Waals surface area (Å²) in [5.41, 5.74) is 3.10. The van der Waals surface area contributed by atoms with Crippen LogP contribution in [0.2, 0.25) is 0 Å². The van der Waals surface area contributed by atoms with E-state index in [2.05, 4.69) is 57.0 Å². The Kier molecular flexibility index (Phi) is 4.57. The first kappa shape index (κ1) is 13.8. The Morgan fingerprint density at radius 2 is 1.89 bits per heavy atom. The molecule has 0 aliphatic carbocycles. The van der Waals surface area contributed by atoms with Crippen LogP contribution in [0.25, 0.3) is 0 Å². The first-order valence-corrected chi connectivity index (χ1v) is 7.42. The maximum atomic E-state index is 13.8. The van der Waals surface area contributed by atoms with Gasteiger partial charge in [-0.3, -0.25) is 0 Å². The van der Waals surface area contributed by atoms with Gasteiger partial charge in [0.05, 0.1) is 0 Å². The van der Waals surface area contributed by atoms with Crippen molar-refractivity contribution < 1.29 is 4.39 Å². The largest absolute Gasteiger partial charge is 0.207 e. The maximum Gasteiger partial charge on any atom is 0.128 e. The van der Waals surface area contributed by atoms with Crippen LogP contribution < -0.4 is 0 Å². The lowest BCUT2D eigenvalue weighted by atomic mass is 10.0. The average Bonchev–Trinajstić information content (AvgIpc) is 2.28. The van der Waals surface area contributed by atoms with Crippen LogP contribution >= 0.6 is 31.9 Å². The molecule has 0 fully saturated rings. The van der Waals surface area contributed by atoms with Gasteiger partial charge in [0.2, 0.25) is 0 Å². The van der Waals surface area contributed by atoms with Crippen molar-refractivity contribution in [2.45, 2.75) is 18.2 Å². The van der Waals surface area contributed by atoms with Gasteiger partial charge in [-0.2, -0.15) is 0 Å². The van der Waals surface area contributed by atoms with E-state index in [9.17, 15) is 4.39 Å². The summed E-state index contributed by atoms with van der Waals surface area (Å²) >= 11 is 6.98. The minimum Gasteiger partial charge on any atom is -0.207 e. The van der Waals surface area contributed by atoms with Crippen LogP contribution in [-0.2, 0) is 6.42 Å². The molecule has 2 aromatic rings. The third-order valence-corrected chi connectivity index (χ3v) is 4.28. The number of benzene rings is 2. The quantitative estimate of drug-likeness (QED) is 0.618. The number of hydrogen-bond acceptors (Lipinski definition) is 0. The third kappa shape index (κ3) is 3.21. The second kappa shape index (κ2) is 5.98. The van der Waals surface area contributed by atoms with Crippen molar-refractivity contribution in [1.82, 2.24) is 0 Å². The van der Waals surface area contributed by atoms with Gasteiger partial charge in [0.1, 0.15) is 5.82 Å². The summed E-state index contributed by atoms with van der Waals surface area (Å²) in [7, 11) is 0. The molecule has 0 spiro atoms. The lowest BCUT2D eigenvalue weighted by Gasteiger charge is -2.13. The smallest absolute Gasteiger partial charge is 0.128 e. The zero-order valence-electron chi connectivity index (χ0n) is 9.96. The SMILES string of the molecule is Cc1cccc(CC(Br)c2c(F)cccc2Br)c1. The predicted octanol–water partition coefficient (Wildman–Crippen LogP) is 5.58. The summed E-state index contributed by atoms with van der Waals surface area (Å²) < 4.78 is 14.6. The second-order valence-corrected chi connectivity index (χ2v) is 6.26. The van der Waals surface area contributed by atoms with Crippen molar-refractivity contribution in [2.75, 3.05) is 0 Å². The molecule has 0 heterocycles. The second-order valence-electron chi connectivity index (χ2n) is 4.30. The molecule has 3 heteroatoms. The fourth-order valence-electron chi connectivity index (χ4n) is 1.96. The highest BCUT2D eigenvalue weighted by molar-refractivity contribution is 9.11. The first-order chi connectivity index (χ1) is 8.58. The molecule has 0 N–H and O–H groups in total. The van der Waals surface area contributed by atoms with Crippen molar-refractivity contribution in [3.05, 3.63) is 69.4 Å². The van der Waals surface area contributed by atoms with Crippen LogP contribution in [0.1, 0.15) is 21.5 Å². The van der Waals surface area contributed by atoms with E-state index in [0.717, 1.165) is 10.9 Å². The van der Waals surface area contributed by atoms with E-state index in [1.54, 1.807) is 6.07 Å². The third-order valence-electron chi connectivity index (χ3n) is 2.81. The highest BCUT2D eigenvalue weighted by atomic mass is 79.9.